The fraction of sp³-hybridized carbons (Fsp3) is 0.120. The first-order valence-electron chi connectivity index (χ1n) is 10.2. The van der Waals surface area contributed by atoms with Crippen molar-refractivity contribution in [3.8, 4) is 11.3 Å². The van der Waals surface area contributed by atoms with Crippen molar-refractivity contribution in [1.82, 2.24) is 9.88 Å². The van der Waals surface area contributed by atoms with E-state index in [-0.39, 0.29) is 11.3 Å². The van der Waals surface area contributed by atoms with Crippen molar-refractivity contribution in [3.05, 3.63) is 100 Å². The summed E-state index contributed by atoms with van der Waals surface area (Å²) in [5.41, 5.74) is 2.65. The Morgan fingerprint density at radius 3 is 2.25 bits per heavy atom. The highest BCUT2D eigenvalue weighted by atomic mass is 16.6. The number of ketones is 1. The highest BCUT2D eigenvalue weighted by Gasteiger charge is 2.29. The number of nitro groups is 1. The van der Waals surface area contributed by atoms with Crippen LogP contribution in [0.4, 0.5) is 5.69 Å². The molecule has 0 spiro atoms. The third kappa shape index (κ3) is 4.00. The second-order valence-electron chi connectivity index (χ2n) is 7.36. The molecule has 4 aromatic rings. The summed E-state index contributed by atoms with van der Waals surface area (Å²) in [6, 6.07) is 22.8. The molecule has 32 heavy (non-hydrogen) atoms. The van der Waals surface area contributed by atoms with Gasteiger partial charge in [-0.15, -0.1) is 0 Å². The fourth-order valence-corrected chi connectivity index (χ4v) is 3.73. The Morgan fingerprint density at radius 2 is 1.62 bits per heavy atom. The zero-order valence-electron chi connectivity index (χ0n) is 17.4. The van der Waals surface area contributed by atoms with Gasteiger partial charge in [-0.1, -0.05) is 60.7 Å². The van der Waals surface area contributed by atoms with E-state index in [2.05, 4.69) is 4.98 Å². The number of rotatable bonds is 7. The van der Waals surface area contributed by atoms with E-state index in [1.54, 1.807) is 6.07 Å². The first kappa shape index (κ1) is 21.0. The Bertz CT molecular complexity index is 1300. The van der Waals surface area contributed by atoms with E-state index >= 15 is 0 Å². The lowest BCUT2D eigenvalue weighted by molar-refractivity contribution is -0.384. The number of H-pyrrole nitrogens is 1. The van der Waals surface area contributed by atoms with Crippen molar-refractivity contribution >= 4 is 28.3 Å². The molecule has 160 valence electrons. The highest BCUT2D eigenvalue weighted by Crippen LogP contribution is 2.33. The van der Waals surface area contributed by atoms with Crippen molar-refractivity contribution in [2.45, 2.75) is 13.5 Å². The third-order valence-corrected chi connectivity index (χ3v) is 5.36. The summed E-state index contributed by atoms with van der Waals surface area (Å²) in [5.74, 6) is -1.35. The largest absolute Gasteiger partial charge is 0.354 e. The van der Waals surface area contributed by atoms with Crippen LogP contribution < -0.4 is 0 Å². The van der Waals surface area contributed by atoms with E-state index < -0.39 is 16.6 Å². The van der Waals surface area contributed by atoms with Crippen LogP contribution in [0.5, 0.6) is 0 Å². The predicted octanol–water partition coefficient (Wildman–Crippen LogP) is 4.97. The number of carbonyl (C=O) groups excluding carboxylic acids is 2. The van der Waals surface area contributed by atoms with Crippen molar-refractivity contribution < 1.29 is 14.5 Å². The van der Waals surface area contributed by atoms with Gasteiger partial charge in [-0.3, -0.25) is 19.7 Å². The lowest BCUT2D eigenvalue weighted by atomic mass is 10.0. The molecule has 0 bridgehead atoms. The number of aromatic nitrogens is 1. The predicted molar refractivity (Wildman–Crippen MR) is 122 cm³/mol. The summed E-state index contributed by atoms with van der Waals surface area (Å²) in [7, 11) is 0. The minimum absolute atomic E-state index is 0.144. The monoisotopic (exact) mass is 427 g/mol. The summed E-state index contributed by atoms with van der Waals surface area (Å²) in [5, 5.41) is 11.7. The van der Waals surface area contributed by atoms with Crippen molar-refractivity contribution in [2.24, 2.45) is 0 Å². The summed E-state index contributed by atoms with van der Waals surface area (Å²) in [6.07, 6.45) is 0. The van der Waals surface area contributed by atoms with Crippen LogP contribution in [0.2, 0.25) is 0 Å². The number of likely N-dealkylation sites (N-methyl/N-ethyl adjacent to an activating group) is 1. The molecule has 0 atom stereocenters. The first-order valence-corrected chi connectivity index (χ1v) is 10.2. The zero-order chi connectivity index (χ0) is 22.7. The van der Waals surface area contributed by atoms with Gasteiger partial charge in [0, 0.05) is 36.1 Å². The van der Waals surface area contributed by atoms with Crippen LogP contribution in [0.15, 0.2) is 78.9 Å². The minimum atomic E-state index is -0.701. The molecule has 0 saturated heterocycles. The van der Waals surface area contributed by atoms with E-state index in [0.29, 0.717) is 35.2 Å². The van der Waals surface area contributed by atoms with Gasteiger partial charge in [0.05, 0.1) is 16.2 Å². The Balaban J connectivity index is 1.81. The minimum Gasteiger partial charge on any atom is -0.354 e. The molecule has 3 aromatic carbocycles. The number of nitrogens with one attached hydrogen (secondary N) is 1. The molecule has 0 aliphatic carbocycles. The first-order chi connectivity index (χ1) is 15.5. The highest BCUT2D eigenvalue weighted by molar-refractivity contribution is 6.46. The van der Waals surface area contributed by atoms with Gasteiger partial charge >= 0.3 is 0 Å². The van der Waals surface area contributed by atoms with Gasteiger partial charge in [-0.25, -0.2) is 0 Å². The number of fused-ring (bicyclic) bond motifs is 1. The summed E-state index contributed by atoms with van der Waals surface area (Å²) in [6.45, 7) is 2.46. The lowest BCUT2D eigenvalue weighted by Gasteiger charge is -2.20. The fourth-order valence-electron chi connectivity index (χ4n) is 3.73. The van der Waals surface area contributed by atoms with Gasteiger partial charge in [0.25, 0.3) is 17.4 Å². The standard InChI is InChI=1S/C25H21N3O4/c1-2-27(16-17-9-5-3-6-10-17)25(30)24(29)22-20-15-19(28(31)32)13-14-21(20)26-23(22)18-11-7-4-8-12-18/h3-15,26H,2,16H2,1H3. The Kier molecular flexibility index (Phi) is 5.81. The van der Waals surface area contributed by atoms with Gasteiger partial charge < -0.3 is 9.88 Å². The number of Topliss-reactive ketones (excluding diaryl/α,β-unsaturated/α-hetero) is 1. The Morgan fingerprint density at radius 1 is 0.969 bits per heavy atom. The number of nitro benzene ring substituents is 1. The molecule has 7 heteroatoms. The van der Waals surface area contributed by atoms with Crippen LogP contribution in [0.3, 0.4) is 0 Å². The number of nitrogens with zero attached hydrogens (tertiary/aromatic N) is 2. The molecule has 4 rings (SSSR count). The molecule has 0 unspecified atom stereocenters. The smallest absolute Gasteiger partial charge is 0.295 e. The number of carbonyl (C=O) groups is 2. The van der Waals surface area contributed by atoms with Crippen LogP contribution in [0, 0.1) is 10.1 Å². The number of hydrogen-bond acceptors (Lipinski definition) is 4. The van der Waals surface area contributed by atoms with Crippen LogP contribution in [0.25, 0.3) is 22.2 Å². The van der Waals surface area contributed by atoms with Gasteiger partial charge in [0.15, 0.2) is 0 Å². The van der Waals surface area contributed by atoms with E-state index in [0.717, 1.165) is 5.56 Å². The molecule has 0 saturated carbocycles. The molecule has 1 N–H and O–H groups in total. The summed E-state index contributed by atoms with van der Waals surface area (Å²) < 4.78 is 0. The quantitative estimate of drug-likeness (QED) is 0.195. The van der Waals surface area contributed by atoms with Crippen molar-refractivity contribution in [1.29, 1.82) is 0 Å². The maximum absolute atomic E-state index is 13.5. The lowest BCUT2D eigenvalue weighted by Crippen LogP contribution is -2.36. The molecule has 7 nitrogen and oxygen atoms in total. The zero-order valence-corrected chi connectivity index (χ0v) is 17.4. The maximum Gasteiger partial charge on any atom is 0.295 e. The third-order valence-electron chi connectivity index (χ3n) is 5.36. The SMILES string of the molecule is CCN(Cc1ccccc1)C(=O)C(=O)c1c(-c2ccccc2)[nH]c2ccc([N+](=O)[O-])cc12. The molecule has 1 aromatic heterocycles. The average molecular weight is 427 g/mol. The van der Waals surface area contributed by atoms with E-state index in [1.807, 2.05) is 67.6 Å². The molecule has 1 heterocycles. The molecule has 0 aliphatic rings. The van der Waals surface area contributed by atoms with E-state index in [1.165, 1.54) is 17.0 Å². The average Bonchev–Trinajstić information content (AvgIpc) is 3.21. The van der Waals surface area contributed by atoms with Crippen molar-refractivity contribution in [3.63, 3.8) is 0 Å². The second-order valence-corrected chi connectivity index (χ2v) is 7.36. The van der Waals surface area contributed by atoms with E-state index in [9.17, 15) is 19.7 Å². The second kappa shape index (κ2) is 8.85. The number of benzene rings is 3. The van der Waals surface area contributed by atoms with Crippen LogP contribution in [-0.4, -0.2) is 33.0 Å². The van der Waals surface area contributed by atoms with Gasteiger partial charge in [0.2, 0.25) is 0 Å². The molecule has 0 fully saturated rings. The van der Waals surface area contributed by atoms with E-state index in [4.69, 9.17) is 0 Å². The number of hydrogen-bond donors (Lipinski definition) is 1. The number of aromatic amines is 1. The van der Waals surface area contributed by atoms with Gasteiger partial charge in [-0.2, -0.15) is 0 Å². The van der Waals surface area contributed by atoms with Crippen molar-refractivity contribution in [2.75, 3.05) is 6.54 Å². The van der Waals surface area contributed by atoms with Crippen LogP contribution >= 0.6 is 0 Å². The number of non-ortho nitro benzene ring substituents is 1. The Labute approximate surface area is 184 Å². The molecule has 0 aliphatic heterocycles. The van der Waals surface area contributed by atoms with Crippen LogP contribution in [0.1, 0.15) is 22.8 Å². The van der Waals surface area contributed by atoms with Gasteiger partial charge in [0.1, 0.15) is 0 Å². The topological polar surface area (TPSA) is 96.3 Å². The maximum atomic E-state index is 13.5. The molecule has 1 amide bonds. The Hall–Kier alpha value is -4.26. The molecular formula is C25H21N3O4. The molecule has 0 radical (unpaired) electrons. The normalized spacial score (nSPS) is 10.8. The van der Waals surface area contributed by atoms with Gasteiger partial charge in [-0.05, 0) is 24.1 Å². The van der Waals surface area contributed by atoms with Crippen LogP contribution in [-0.2, 0) is 11.3 Å². The summed E-state index contributed by atoms with van der Waals surface area (Å²) >= 11 is 0. The summed E-state index contributed by atoms with van der Waals surface area (Å²) in [4.78, 5) is 42.2. The number of amides is 1. The molecular weight excluding hydrogens is 406 g/mol.